The number of hydrogen-bond acceptors (Lipinski definition) is 6. The van der Waals surface area contributed by atoms with Crippen LogP contribution in [0.1, 0.15) is 278 Å². The highest BCUT2D eigenvalue weighted by Gasteiger charge is 2.19. The molecule has 1 atom stereocenters. The number of carbonyl (C=O) groups is 3. The molecule has 0 saturated heterocycles. The van der Waals surface area contributed by atoms with E-state index >= 15 is 0 Å². The van der Waals surface area contributed by atoms with Crippen molar-refractivity contribution in [3.63, 3.8) is 0 Å². The lowest BCUT2D eigenvalue weighted by Crippen LogP contribution is -2.30. The molecule has 0 amide bonds. The maximum absolute atomic E-state index is 12.9. The van der Waals surface area contributed by atoms with Crippen LogP contribution in [0.5, 0.6) is 0 Å². The zero-order chi connectivity index (χ0) is 58.5. The number of hydrogen-bond donors (Lipinski definition) is 0. The highest BCUT2D eigenvalue weighted by Crippen LogP contribution is 2.15. The van der Waals surface area contributed by atoms with E-state index in [9.17, 15) is 14.4 Å². The Morgan fingerprint density at radius 3 is 0.790 bits per heavy atom. The molecule has 1 unspecified atom stereocenters. The molecule has 0 bridgehead atoms. The second-order valence-corrected chi connectivity index (χ2v) is 21.3. The molecule has 6 heteroatoms. The van der Waals surface area contributed by atoms with Gasteiger partial charge in [0.25, 0.3) is 0 Å². The lowest BCUT2D eigenvalue weighted by atomic mass is 10.0. The van der Waals surface area contributed by atoms with Gasteiger partial charge in [-0.15, -0.1) is 0 Å². The molecule has 0 aliphatic rings. The zero-order valence-electron chi connectivity index (χ0n) is 52.2. The van der Waals surface area contributed by atoms with Crippen LogP contribution in [-0.2, 0) is 28.6 Å². The van der Waals surface area contributed by atoms with Crippen LogP contribution in [-0.4, -0.2) is 37.2 Å². The summed E-state index contributed by atoms with van der Waals surface area (Å²) in [6.45, 7) is 6.29. The second-order valence-electron chi connectivity index (χ2n) is 21.3. The molecule has 0 aliphatic heterocycles. The van der Waals surface area contributed by atoms with Crippen LogP contribution in [0.25, 0.3) is 0 Å². The molecule has 0 heterocycles. The monoisotopic (exact) mass is 1120 g/mol. The Labute approximate surface area is 499 Å². The van der Waals surface area contributed by atoms with Gasteiger partial charge in [-0.25, -0.2) is 0 Å². The summed E-state index contributed by atoms with van der Waals surface area (Å²) in [5.41, 5.74) is 0. The first-order valence-electron chi connectivity index (χ1n) is 33.0. The van der Waals surface area contributed by atoms with Crippen molar-refractivity contribution in [1.29, 1.82) is 0 Å². The van der Waals surface area contributed by atoms with Gasteiger partial charge in [-0.1, -0.05) is 281 Å². The van der Waals surface area contributed by atoms with Gasteiger partial charge in [0.2, 0.25) is 0 Å². The predicted octanol–water partition coefficient (Wildman–Crippen LogP) is 22.9. The van der Waals surface area contributed by atoms with Crippen LogP contribution in [0, 0.1) is 0 Å². The molecule has 0 fully saturated rings. The molecule has 0 spiro atoms. The Kier molecular flexibility index (Phi) is 63.4. The van der Waals surface area contributed by atoms with Crippen molar-refractivity contribution < 1.29 is 28.6 Å². The van der Waals surface area contributed by atoms with E-state index in [0.29, 0.717) is 19.3 Å². The first kappa shape index (κ1) is 76.0. The van der Waals surface area contributed by atoms with E-state index in [0.717, 1.165) is 148 Å². The van der Waals surface area contributed by atoms with Gasteiger partial charge in [0.05, 0.1) is 0 Å². The fourth-order valence-corrected chi connectivity index (χ4v) is 8.64. The molecule has 0 saturated carbocycles. The highest BCUT2D eigenvalue weighted by molar-refractivity contribution is 5.71. The average molecular weight is 1120 g/mol. The third-order valence-electron chi connectivity index (χ3n) is 13.5. The largest absolute Gasteiger partial charge is 0.462 e. The Balaban J connectivity index is 4.41. The van der Waals surface area contributed by atoms with Crippen molar-refractivity contribution in [2.75, 3.05) is 13.2 Å². The van der Waals surface area contributed by atoms with Crippen molar-refractivity contribution in [3.8, 4) is 0 Å². The van der Waals surface area contributed by atoms with E-state index in [1.807, 2.05) is 0 Å². The van der Waals surface area contributed by atoms with E-state index in [-0.39, 0.29) is 37.5 Å². The minimum absolute atomic E-state index is 0.111. The molecular weight excluding hydrogens is 997 g/mol. The minimum Gasteiger partial charge on any atom is -0.462 e. The average Bonchev–Trinajstić information content (AvgIpc) is 3.46. The normalized spacial score (nSPS) is 13.2. The maximum Gasteiger partial charge on any atom is 0.306 e. The minimum atomic E-state index is -0.823. The van der Waals surface area contributed by atoms with Gasteiger partial charge in [0.15, 0.2) is 6.10 Å². The van der Waals surface area contributed by atoms with Crippen molar-refractivity contribution >= 4 is 17.9 Å². The Morgan fingerprint density at radius 2 is 0.494 bits per heavy atom. The van der Waals surface area contributed by atoms with Crippen LogP contribution < -0.4 is 0 Å². The number of carbonyl (C=O) groups excluding carboxylic acids is 3. The van der Waals surface area contributed by atoms with Crippen LogP contribution in [0.4, 0.5) is 0 Å². The fourth-order valence-electron chi connectivity index (χ4n) is 8.64. The van der Waals surface area contributed by atoms with Crippen molar-refractivity contribution in [1.82, 2.24) is 0 Å². The summed E-state index contributed by atoms with van der Waals surface area (Å²) < 4.78 is 16.9. The standard InChI is InChI=1S/C75H120O6/c1-4-7-10-13-16-19-22-25-27-29-31-33-35-36-37-38-40-41-43-45-47-50-53-56-59-62-65-68-74(77)80-71-72(70-79-73(76)67-64-61-58-55-52-49-24-21-18-15-12-9-6-3)81-75(78)69-66-63-60-57-54-51-48-46-44-42-39-34-32-30-28-26-23-20-17-14-11-8-5-2/h7-8,10-12,15-17,19-21,24-28,31-34,42,44,48,51,57,60,72H,4-6,9,13-14,18,22-23,29-30,35-41,43,45-47,49-50,52-56,58-59,61-71H2,1-3H3/b10-7-,11-8-,15-12-,19-16-,20-17-,24-21-,27-25-,28-26-,33-31-,34-32-,44-42-,51-48-,60-57-. The molecule has 0 aromatic rings. The summed E-state index contributed by atoms with van der Waals surface area (Å²) >= 11 is 0. The molecule has 0 aromatic carbocycles. The van der Waals surface area contributed by atoms with Crippen LogP contribution in [0.2, 0.25) is 0 Å². The molecule has 6 nitrogen and oxygen atoms in total. The first-order chi connectivity index (χ1) is 40.0. The van der Waals surface area contributed by atoms with Gasteiger partial charge in [-0.2, -0.15) is 0 Å². The predicted molar refractivity (Wildman–Crippen MR) is 352 cm³/mol. The Hall–Kier alpha value is -4.97. The maximum atomic E-state index is 12.9. The summed E-state index contributed by atoms with van der Waals surface area (Å²) in [5.74, 6) is -0.987. The van der Waals surface area contributed by atoms with E-state index in [1.165, 1.54) is 83.5 Å². The van der Waals surface area contributed by atoms with Gasteiger partial charge in [0, 0.05) is 19.3 Å². The van der Waals surface area contributed by atoms with Crippen LogP contribution >= 0.6 is 0 Å². The Bertz CT molecular complexity index is 1810. The molecular formula is C75H120O6. The topological polar surface area (TPSA) is 78.9 Å². The molecule has 0 aliphatic carbocycles. The van der Waals surface area contributed by atoms with Crippen molar-refractivity contribution in [2.45, 2.75) is 284 Å². The van der Waals surface area contributed by atoms with Gasteiger partial charge in [-0.3, -0.25) is 14.4 Å². The number of esters is 3. The third-order valence-corrected chi connectivity index (χ3v) is 13.5. The highest BCUT2D eigenvalue weighted by atomic mass is 16.6. The van der Waals surface area contributed by atoms with Gasteiger partial charge in [0.1, 0.15) is 13.2 Å². The lowest BCUT2D eigenvalue weighted by molar-refractivity contribution is -0.167. The number of rotatable bonds is 58. The van der Waals surface area contributed by atoms with Gasteiger partial charge >= 0.3 is 17.9 Å². The summed E-state index contributed by atoms with van der Waals surface area (Å²) in [4.78, 5) is 38.3. The van der Waals surface area contributed by atoms with Crippen LogP contribution in [0.3, 0.4) is 0 Å². The molecule has 81 heavy (non-hydrogen) atoms. The summed E-state index contributed by atoms with van der Waals surface area (Å²) in [7, 11) is 0. The van der Waals surface area contributed by atoms with Crippen LogP contribution in [0.15, 0.2) is 158 Å². The van der Waals surface area contributed by atoms with E-state index in [4.69, 9.17) is 14.2 Å². The summed E-state index contributed by atoms with van der Waals surface area (Å²) in [6, 6.07) is 0. The van der Waals surface area contributed by atoms with Crippen molar-refractivity contribution in [2.24, 2.45) is 0 Å². The third kappa shape index (κ3) is 65.7. The lowest BCUT2D eigenvalue weighted by Gasteiger charge is -2.18. The van der Waals surface area contributed by atoms with Gasteiger partial charge in [-0.05, 0) is 135 Å². The number of allylic oxidation sites excluding steroid dienone is 26. The zero-order valence-corrected chi connectivity index (χ0v) is 52.2. The van der Waals surface area contributed by atoms with E-state index < -0.39 is 6.10 Å². The number of ether oxygens (including phenoxy) is 3. The smallest absolute Gasteiger partial charge is 0.306 e. The van der Waals surface area contributed by atoms with Crippen molar-refractivity contribution in [3.05, 3.63) is 158 Å². The summed E-state index contributed by atoms with van der Waals surface area (Å²) in [6.07, 6.45) is 98.3. The fraction of sp³-hybridized carbons (Fsp3) is 0.613. The molecule has 456 valence electrons. The summed E-state index contributed by atoms with van der Waals surface area (Å²) in [5, 5.41) is 0. The second kappa shape index (κ2) is 67.5. The van der Waals surface area contributed by atoms with Gasteiger partial charge < -0.3 is 14.2 Å². The number of unbranched alkanes of at least 4 members (excludes halogenated alkanes) is 21. The van der Waals surface area contributed by atoms with E-state index in [1.54, 1.807) is 0 Å². The SMILES string of the molecule is CC/C=C\C/C=C\C/C=C\C/C=C\C/C=C\C/C=C\C/C=C\CCCC(=O)OC(COC(=O)CCCCCCC/C=C\C/C=C\CCC)COC(=O)CCCCCCCCCCCCCCCC/C=C\C/C=C\C/C=C\C/C=C\CC. The quantitative estimate of drug-likeness (QED) is 0.0261. The molecule has 0 aromatic heterocycles. The molecule has 0 N–H and O–H groups in total. The molecule has 0 radical (unpaired) electrons. The first-order valence-corrected chi connectivity index (χ1v) is 33.0. The molecule has 0 rings (SSSR count). The Morgan fingerprint density at radius 1 is 0.259 bits per heavy atom. The van der Waals surface area contributed by atoms with E-state index in [2.05, 4.69) is 179 Å².